The molecule has 2 fully saturated rings. The molecule has 2 aliphatic rings. The average molecular weight is 377 g/mol. The van der Waals surface area contributed by atoms with E-state index in [9.17, 15) is 9.18 Å². The van der Waals surface area contributed by atoms with E-state index >= 15 is 0 Å². The zero-order chi connectivity index (χ0) is 19.1. The highest BCUT2D eigenvalue weighted by Crippen LogP contribution is 2.22. The van der Waals surface area contributed by atoms with E-state index in [2.05, 4.69) is 11.8 Å². The number of amides is 1. The topological polar surface area (TPSA) is 32.8 Å². The molecule has 1 aromatic carbocycles. The molecule has 0 aliphatic carbocycles. The number of carbonyl (C=O) groups excluding carboxylic acids is 1. The van der Waals surface area contributed by atoms with Gasteiger partial charge in [-0.15, -0.1) is 0 Å². The third-order valence-corrected chi connectivity index (χ3v) is 5.89. The van der Waals surface area contributed by atoms with Gasteiger partial charge in [0.25, 0.3) is 0 Å². The molecule has 0 aromatic heterocycles. The Kier molecular flexibility index (Phi) is 7.50. The number of piperidine rings is 2. The Morgan fingerprint density at radius 2 is 1.96 bits per heavy atom. The second kappa shape index (κ2) is 10.1. The van der Waals surface area contributed by atoms with Gasteiger partial charge in [0.1, 0.15) is 0 Å². The maximum absolute atomic E-state index is 13.5. The molecule has 0 bridgehead atoms. The fourth-order valence-electron chi connectivity index (χ4n) is 4.18. The van der Waals surface area contributed by atoms with Crippen molar-refractivity contribution >= 4 is 5.91 Å². The van der Waals surface area contributed by atoms with Crippen LogP contribution in [0.5, 0.6) is 5.75 Å². The van der Waals surface area contributed by atoms with Crippen molar-refractivity contribution in [3.63, 3.8) is 0 Å². The summed E-state index contributed by atoms with van der Waals surface area (Å²) in [5.41, 5.74) is 0. The Morgan fingerprint density at radius 1 is 1.19 bits per heavy atom. The van der Waals surface area contributed by atoms with Crippen LogP contribution in [0.25, 0.3) is 0 Å². The van der Waals surface area contributed by atoms with Crippen LogP contribution in [0, 0.1) is 17.7 Å². The number of likely N-dealkylation sites (tertiary alicyclic amines) is 2. The quantitative estimate of drug-likeness (QED) is 0.676. The molecule has 1 aromatic rings. The van der Waals surface area contributed by atoms with Crippen molar-refractivity contribution in [1.82, 2.24) is 9.80 Å². The first-order valence-corrected chi connectivity index (χ1v) is 10.5. The van der Waals surface area contributed by atoms with Gasteiger partial charge in [-0.2, -0.15) is 0 Å². The molecule has 1 unspecified atom stereocenters. The van der Waals surface area contributed by atoms with Crippen molar-refractivity contribution in [3.8, 4) is 5.75 Å². The number of carbonyl (C=O) groups is 1. The van der Waals surface area contributed by atoms with Gasteiger partial charge in [-0.05, 0) is 69.2 Å². The lowest BCUT2D eigenvalue weighted by molar-refractivity contribution is -0.133. The summed E-state index contributed by atoms with van der Waals surface area (Å²) in [6.45, 7) is 8.02. The standard InChI is InChI=1S/C22H33FN2O2/c1-18-10-13-24(14-11-18)16-19-6-4-12-25(17-19)22(26)9-5-15-27-21-8-3-2-7-20(21)23/h2-3,7-8,18-19H,4-6,9-17H2,1H3. The van der Waals surface area contributed by atoms with Crippen LogP contribution in [0.3, 0.4) is 0 Å². The summed E-state index contributed by atoms with van der Waals surface area (Å²) in [4.78, 5) is 17.2. The predicted octanol–water partition coefficient (Wildman–Crippen LogP) is 3.96. The van der Waals surface area contributed by atoms with Crippen molar-refractivity contribution in [2.24, 2.45) is 11.8 Å². The smallest absolute Gasteiger partial charge is 0.222 e. The first-order chi connectivity index (χ1) is 13.1. The maximum Gasteiger partial charge on any atom is 0.222 e. The summed E-state index contributed by atoms with van der Waals surface area (Å²) < 4.78 is 19.0. The van der Waals surface area contributed by atoms with Gasteiger partial charge in [-0.25, -0.2) is 4.39 Å². The number of benzene rings is 1. The number of halogens is 1. The number of nitrogens with zero attached hydrogens (tertiary/aromatic N) is 2. The molecule has 0 saturated carbocycles. The molecule has 1 amide bonds. The van der Waals surface area contributed by atoms with Crippen LogP contribution in [0.4, 0.5) is 4.39 Å². The summed E-state index contributed by atoms with van der Waals surface area (Å²) >= 11 is 0. The minimum Gasteiger partial charge on any atom is -0.491 e. The summed E-state index contributed by atoms with van der Waals surface area (Å²) in [7, 11) is 0. The molecular weight excluding hydrogens is 343 g/mol. The highest BCUT2D eigenvalue weighted by Gasteiger charge is 2.26. The summed E-state index contributed by atoms with van der Waals surface area (Å²) in [5.74, 6) is 1.58. The van der Waals surface area contributed by atoms with Crippen molar-refractivity contribution in [1.29, 1.82) is 0 Å². The largest absolute Gasteiger partial charge is 0.491 e. The van der Waals surface area contributed by atoms with E-state index in [0.717, 1.165) is 32.0 Å². The van der Waals surface area contributed by atoms with E-state index in [1.807, 2.05) is 4.90 Å². The van der Waals surface area contributed by atoms with Gasteiger partial charge in [-0.1, -0.05) is 19.1 Å². The normalized spacial score (nSPS) is 22.0. The van der Waals surface area contributed by atoms with Crippen LogP contribution >= 0.6 is 0 Å². The van der Waals surface area contributed by atoms with E-state index in [-0.39, 0.29) is 17.5 Å². The first-order valence-electron chi connectivity index (χ1n) is 10.5. The summed E-state index contributed by atoms with van der Waals surface area (Å²) in [6, 6.07) is 6.40. The number of para-hydroxylation sites is 1. The van der Waals surface area contributed by atoms with Gasteiger partial charge in [-0.3, -0.25) is 4.79 Å². The molecule has 4 nitrogen and oxygen atoms in total. The minimum absolute atomic E-state index is 0.212. The lowest BCUT2D eigenvalue weighted by Crippen LogP contribution is -2.45. The number of ether oxygens (including phenoxy) is 1. The van der Waals surface area contributed by atoms with Crippen LogP contribution in [0.15, 0.2) is 24.3 Å². The van der Waals surface area contributed by atoms with Crippen LogP contribution in [-0.4, -0.2) is 55.0 Å². The van der Waals surface area contributed by atoms with E-state index in [1.54, 1.807) is 18.2 Å². The lowest BCUT2D eigenvalue weighted by Gasteiger charge is -2.38. The highest BCUT2D eigenvalue weighted by molar-refractivity contribution is 5.76. The molecule has 2 saturated heterocycles. The Balaban J connectivity index is 1.36. The fourth-order valence-corrected chi connectivity index (χ4v) is 4.18. The van der Waals surface area contributed by atoms with Gasteiger partial charge >= 0.3 is 0 Å². The molecule has 0 radical (unpaired) electrons. The maximum atomic E-state index is 13.5. The monoisotopic (exact) mass is 376 g/mol. The zero-order valence-corrected chi connectivity index (χ0v) is 16.5. The Labute approximate surface area is 162 Å². The Hall–Kier alpha value is -1.62. The van der Waals surface area contributed by atoms with Crippen LogP contribution in [-0.2, 0) is 4.79 Å². The second-order valence-corrected chi connectivity index (χ2v) is 8.21. The average Bonchev–Trinajstić information content (AvgIpc) is 2.68. The van der Waals surface area contributed by atoms with E-state index in [4.69, 9.17) is 4.74 Å². The minimum atomic E-state index is -0.352. The van der Waals surface area contributed by atoms with Crippen LogP contribution < -0.4 is 4.74 Å². The van der Waals surface area contributed by atoms with Gasteiger partial charge in [0.15, 0.2) is 11.6 Å². The van der Waals surface area contributed by atoms with Gasteiger partial charge < -0.3 is 14.5 Å². The first kappa shape index (κ1) is 20.1. The number of hydrogen-bond donors (Lipinski definition) is 0. The SMILES string of the molecule is CC1CCN(CC2CCCN(C(=O)CCCOc3ccccc3F)C2)CC1. The highest BCUT2D eigenvalue weighted by atomic mass is 19.1. The molecule has 0 spiro atoms. The van der Waals surface area contributed by atoms with Crippen molar-refractivity contribution in [2.45, 2.75) is 45.4 Å². The molecule has 150 valence electrons. The molecule has 0 N–H and O–H groups in total. The predicted molar refractivity (Wildman–Crippen MR) is 105 cm³/mol. The van der Waals surface area contributed by atoms with Crippen molar-refractivity contribution < 1.29 is 13.9 Å². The van der Waals surface area contributed by atoms with E-state index in [0.29, 0.717) is 25.4 Å². The molecule has 27 heavy (non-hydrogen) atoms. The third-order valence-electron chi connectivity index (χ3n) is 5.89. The van der Waals surface area contributed by atoms with E-state index in [1.165, 1.54) is 38.4 Å². The number of rotatable bonds is 7. The molecule has 5 heteroatoms. The molecule has 2 heterocycles. The van der Waals surface area contributed by atoms with E-state index < -0.39 is 0 Å². The van der Waals surface area contributed by atoms with Crippen molar-refractivity contribution in [3.05, 3.63) is 30.1 Å². The lowest BCUT2D eigenvalue weighted by atomic mass is 9.94. The molecular formula is C22H33FN2O2. The molecule has 2 aliphatic heterocycles. The molecule has 3 rings (SSSR count). The molecule has 1 atom stereocenters. The number of hydrogen-bond acceptors (Lipinski definition) is 3. The zero-order valence-electron chi connectivity index (χ0n) is 16.5. The van der Waals surface area contributed by atoms with Gasteiger partial charge in [0.05, 0.1) is 6.61 Å². The Morgan fingerprint density at radius 3 is 2.74 bits per heavy atom. The van der Waals surface area contributed by atoms with Gasteiger partial charge in [0, 0.05) is 26.1 Å². The van der Waals surface area contributed by atoms with Crippen molar-refractivity contribution in [2.75, 3.05) is 39.3 Å². The second-order valence-electron chi connectivity index (χ2n) is 8.21. The van der Waals surface area contributed by atoms with Crippen LogP contribution in [0.2, 0.25) is 0 Å². The third kappa shape index (κ3) is 6.20. The summed E-state index contributed by atoms with van der Waals surface area (Å²) in [5, 5.41) is 0. The van der Waals surface area contributed by atoms with Gasteiger partial charge in [0.2, 0.25) is 5.91 Å². The van der Waals surface area contributed by atoms with Crippen LogP contribution in [0.1, 0.15) is 45.4 Å². The summed E-state index contributed by atoms with van der Waals surface area (Å²) in [6.07, 6.45) is 6.04. The fraction of sp³-hybridized carbons (Fsp3) is 0.682. The Bertz CT molecular complexity index is 602.